The molecule has 10 nitrogen and oxygen atoms in total. The summed E-state index contributed by atoms with van der Waals surface area (Å²) in [6.07, 6.45) is -6.92. The van der Waals surface area contributed by atoms with Crippen LogP contribution in [0.15, 0.2) is 30.3 Å². The Kier molecular flexibility index (Phi) is 6.69. The smallest absolute Gasteiger partial charge is 0.442 e. The summed E-state index contributed by atoms with van der Waals surface area (Å²) in [4.78, 5) is 38.4. The number of carbonyl (C=O) groups excluding carboxylic acids is 2. The number of hydrogen-bond acceptors (Lipinski definition) is 8. The van der Waals surface area contributed by atoms with Crippen LogP contribution in [0.2, 0.25) is 0 Å². The minimum Gasteiger partial charge on any atom is -0.442 e. The number of ether oxygens (including phenoxy) is 1. The van der Waals surface area contributed by atoms with Gasteiger partial charge in [0.15, 0.2) is 0 Å². The first-order chi connectivity index (χ1) is 16.5. The number of cyclic esters (lactones) is 1. The Hall–Kier alpha value is -3.62. The van der Waals surface area contributed by atoms with Crippen molar-refractivity contribution in [3.05, 3.63) is 46.3 Å². The number of alkyl halides is 3. The van der Waals surface area contributed by atoms with E-state index in [0.29, 0.717) is 31.9 Å². The minimum atomic E-state index is -5.05. The van der Waals surface area contributed by atoms with Gasteiger partial charge < -0.3 is 19.9 Å². The SMILES string of the molecule is O=C1OC(CNC(=O)C(F)(F)F)CN1c1ccc(N2CCN(c3ccc([N+](=O)[O-])s3)CC2)c(F)c1. The van der Waals surface area contributed by atoms with Crippen molar-refractivity contribution in [2.45, 2.75) is 12.3 Å². The number of piperazine rings is 1. The molecule has 1 aromatic heterocycles. The van der Waals surface area contributed by atoms with Gasteiger partial charge in [-0.1, -0.05) is 0 Å². The van der Waals surface area contributed by atoms with E-state index in [1.165, 1.54) is 18.2 Å². The lowest BCUT2D eigenvalue weighted by molar-refractivity contribution is -0.380. The fourth-order valence-electron chi connectivity index (χ4n) is 3.82. The van der Waals surface area contributed by atoms with Gasteiger partial charge in [-0.3, -0.25) is 19.8 Å². The van der Waals surface area contributed by atoms with E-state index < -0.39 is 41.6 Å². The van der Waals surface area contributed by atoms with Crippen molar-refractivity contribution in [1.29, 1.82) is 0 Å². The van der Waals surface area contributed by atoms with E-state index in [4.69, 9.17) is 4.74 Å². The number of thiophene rings is 1. The molecule has 4 rings (SSSR count). The average Bonchev–Trinajstić information content (AvgIpc) is 3.44. The minimum absolute atomic E-state index is 0.0504. The summed E-state index contributed by atoms with van der Waals surface area (Å²) in [6.45, 7) is 1.31. The first-order valence-electron chi connectivity index (χ1n) is 10.4. The topological polar surface area (TPSA) is 108 Å². The first-order valence-corrected chi connectivity index (χ1v) is 11.2. The molecule has 2 aromatic rings. The molecule has 1 N–H and O–H groups in total. The van der Waals surface area contributed by atoms with Gasteiger partial charge in [0, 0.05) is 32.2 Å². The molecule has 2 aliphatic heterocycles. The molecule has 3 heterocycles. The molecular weight excluding hydrogens is 498 g/mol. The third-order valence-electron chi connectivity index (χ3n) is 5.55. The number of nitrogens with one attached hydrogen (secondary N) is 1. The van der Waals surface area contributed by atoms with Crippen molar-refractivity contribution in [1.82, 2.24) is 5.32 Å². The number of nitro groups is 1. The Morgan fingerprint density at radius 3 is 2.46 bits per heavy atom. The number of nitrogens with zero attached hydrogens (tertiary/aromatic N) is 4. The Balaban J connectivity index is 1.35. The highest BCUT2D eigenvalue weighted by molar-refractivity contribution is 7.19. The third-order valence-corrected chi connectivity index (χ3v) is 6.65. The van der Waals surface area contributed by atoms with Gasteiger partial charge in [0.25, 0.3) is 0 Å². The molecule has 0 bridgehead atoms. The maximum Gasteiger partial charge on any atom is 0.471 e. The third kappa shape index (κ3) is 5.39. The summed E-state index contributed by atoms with van der Waals surface area (Å²) < 4.78 is 56.8. The number of anilines is 3. The number of carbonyl (C=O) groups is 2. The van der Waals surface area contributed by atoms with Crippen LogP contribution >= 0.6 is 11.3 Å². The molecule has 0 saturated carbocycles. The predicted octanol–water partition coefficient (Wildman–Crippen LogP) is 3.13. The monoisotopic (exact) mass is 517 g/mol. The maximum absolute atomic E-state index is 14.9. The number of rotatable bonds is 6. The molecular formula is C20H19F4N5O5S. The summed E-state index contributed by atoms with van der Waals surface area (Å²) in [7, 11) is 0. The van der Waals surface area contributed by atoms with E-state index in [1.807, 2.05) is 9.80 Å². The molecule has 2 aliphatic rings. The fraction of sp³-hybridized carbons (Fsp3) is 0.400. The Labute approximate surface area is 199 Å². The van der Waals surface area contributed by atoms with E-state index in [9.17, 15) is 37.3 Å². The van der Waals surface area contributed by atoms with Gasteiger partial charge in [-0.15, -0.1) is 0 Å². The highest BCUT2D eigenvalue weighted by Gasteiger charge is 2.40. The van der Waals surface area contributed by atoms with Crippen LogP contribution in [0.5, 0.6) is 0 Å². The van der Waals surface area contributed by atoms with Crippen molar-refractivity contribution < 1.29 is 36.8 Å². The number of hydrogen-bond donors (Lipinski definition) is 1. The normalized spacial score (nSPS) is 18.6. The summed E-state index contributed by atoms with van der Waals surface area (Å²) in [5.41, 5.74) is 0.484. The molecule has 2 fully saturated rings. The van der Waals surface area contributed by atoms with E-state index in [-0.39, 0.29) is 17.2 Å². The second kappa shape index (κ2) is 9.56. The number of amides is 2. The van der Waals surface area contributed by atoms with Crippen LogP contribution in [0.25, 0.3) is 0 Å². The molecule has 15 heteroatoms. The van der Waals surface area contributed by atoms with Gasteiger partial charge in [-0.25, -0.2) is 9.18 Å². The number of halogens is 4. The van der Waals surface area contributed by atoms with Crippen molar-refractivity contribution in [3.63, 3.8) is 0 Å². The molecule has 0 aliphatic carbocycles. The number of benzene rings is 1. The van der Waals surface area contributed by atoms with E-state index in [1.54, 1.807) is 11.4 Å². The van der Waals surface area contributed by atoms with Crippen LogP contribution in [0.3, 0.4) is 0 Å². The zero-order chi connectivity index (χ0) is 25.3. The standard InChI is InChI=1S/C20H19F4N5O5S/c21-14-9-12(28-11-13(34-19(28)31)10-25-18(30)20(22,23)24)1-2-15(14)26-5-7-27(8-6-26)16-3-4-17(35-16)29(32)33/h1-4,9,13H,5-8,10-11H2,(H,25,30). The van der Waals surface area contributed by atoms with Gasteiger partial charge in [0.05, 0.1) is 34.4 Å². The molecule has 2 amide bonds. The Morgan fingerprint density at radius 2 is 1.86 bits per heavy atom. The van der Waals surface area contributed by atoms with Gasteiger partial charge in [-0.05, 0) is 35.6 Å². The molecule has 0 spiro atoms. The average molecular weight is 517 g/mol. The zero-order valence-electron chi connectivity index (χ0n) is 18.0. The van der Waals surface area contributed by atoms with Crippen LogP contribution in [-0.2, 0) is 9.53 Å². The lowest BCUT2D eigenvalue weighted by Crippen LogP contribution is -2.46. The quantitative estimate of drug-likeness (QED) is 0.356. The van der Waals surface area contributed by atoms with Crippen LogP contribution in [0.4, 0.5) is 43.7 Å². The molecule has 1 aromatic carbocycles. The lowest BCUT2D eigenvalue weighted by Gasteiger charge is -2.36. The van der Waals surface area contributed by atoms with Crippen molar-refractivity contribution in [3.8, 4) is 0 Å². The molecule has 0 radical (unpaired) electrons. The summed E-state index contributed by atoms with van der Waals surface area (Å²) in [6, 6.07) is 7.28. The zero-order valence-corrected chi connectivity index (χ0v) is 18.8. The van der Waals surface area contributed by atoms with Crippen LogP contribution in [0.1, 0.15) is 0 Å². The summed E-state index contributed by atoms with van der Waals surface area (Å²) in [5, 5.41) is 13.4. The molecule has 1 unspecified atom stereocenters. The van der Waals surface area contributed by atoms with E-state index in [0.717, 1.165) is 27.3 Å². The van der Waals surface area contributed by atoms with Crippen molar-refractivity contribution >= 4 is 44.7 Å². The molecule has 1 atom stereocenters. The van der Waals surface area contributed by atoms with E-state index >= 15 is 0 Å². The van der Waals surface area contributed by atoms with Gasteiger partial charge in [0.1, 0.15) is 11.9 Å². The maximum atomic E-state index is 14.9. The van der Waals surface area contributed by atoms with Gasteiger partial charge in [-0.2, -0.15) is 13.2 Å². The van der Waals surface area contributed by atoms with Crippen LogP contribution in [0, 0.1) is 15.9 Å². The molecule has 188 valence electrons. The summed E-state index contributed by atoms with van der Waals surface area (Å²) >= 11 is 1.08. The van der Waals surface area contributed by atoms with Gasteiger partial charge >= 0.3 is 23.2 Å². The lowest BCUT2D eigenvalue weighted by atomic mass is 10.2. The first kappa shape index (κ1) is 24.5. The summed E-state index contributed by atoms with van der Waals surface area (Å²) in [5.74, 6) is -2.73. The van der Waals surface area contributed by atoms with Crippen LogP contribution < -0.4 is 20.0 Å². The fourth-order valence-corrected chi connectivity index (χ4v) is 4.69. The molecule has 2 saturated heterocycles. The second-order valence-corrected chi connectivity index (χ2v) is 8.84. The van der Waals surface area contributed by atoms with Crippen molar-refractivity contribution in [2.75, 3.05) is 54.0 Å². The predicted molar refractivity (Wildman–Crippen MR) is 118 cm³/mol. The van der Waals surface area contributed by atoms with Gasteiger partial charge in [0.2, 0.25) is 0 Å². The Bertz CT molecular complexity index is 1140. The largest absolute Gasteiger partial charge is 0.471 e. The highest BCUT2D eigenvalue weighted by Crippen LogP contribution is 2.33. The Morgan fingerprint density at radius 1 is 1.17 bits per heavy atom. The van der Waals surface area contributed by atoms with E-state index in [2.05, 4.69) is 0 Å². The second-order valence-electron chi connectivity index (χ2n) is 7.80. The molecule has 35 heavy (non-hydrogen) atoms. The van der Waals surface area contributed by atoms with Crippen LogP contribution in [-0.4, -0.2) is 68.5 Å². The highest BCUT2D eigenvalue weighted by atomic mass is 32.1. The van der Waals surface area contributed by atoms with Crippen molar-refractivity contribution in [2.24, 2.45) is 0 Å².